The summed E-state index contributed by atoms with van der Waals surface area (Å²) in [6.45, 7) is 4.92. The first-order valence-corrected chi connectivity index (χ1v) is 13.3. The number of nitrogens with one attached hydrogen (secondary N) is 2. The van der Waals surface area contributed by atoms with Gasteiger partial charge in [-0.3, -0.25) is 14.4 Å². The zero-order valence-corrected chi connectivity index (χ0v) is 21.1. The predicted octanol–water partition coefficient (Wildman–Crippen LogP) is 3.30. The fraction of sp³-hybridized carbons (Fsp3) is 0.552. The summed E-state index contributed by atoms with van der Waals surface area (Å²) in [5, 5.41) is 27.0. The quantitative estimate of drug-likeness (QED) is 0.418. The van der Waals surface area contributed by atoms with Crippen LogP contribution in [0.15, 0.2) is 59.9 Å². The Kier molecular flexibility index (Phi) is 8.29. The van der Waals surface area contributed by atoms with E-state index in [1.165, 1.54) is 18.6 Å². The Balaban J connectivity index is 1.60. The molecule has 4 rings (SSSR count). The number of hydrogen-bond donors (Lipinski definition) is 4. The monoisotopic (exact) mass is 494 g/mol. The number of aliphatic hydroxyl groups is 2. The molecule has 0 aromatic heterocycles. The van der Waals surface area contributed by atoms with Gasteiger partial charge in [0.15, 0.2) is 5.78 Å². The summed E-state index contributed by atoms with van der Waals surface area (Å²) in [5.41, 5.74) is -0.249. The minimum Gasteiger partial charge on any atom is -0.507 e. The minimum absolute atomic E-state index is 0.0603. The lowest BCUT2D eigenvalue weighted by Gasteiger charge is -2.30. The minimum atomic E-state index is -0.714. The van der Waals surface area contributed by atoms with E-state index in [9.17, 15) is 24.6 Å². The highest BCUT2D eigenvalue weighted by molar-refractivity contribution is 6.27. The topological polar surface area (TPSA) is 116 Å². The summed E-state index contributed by atoms with van der Waals surface area (Å²) in [5.74, 6) is 0.815. The molecule has 2 aliphatic carbocycles. The van der Waals surface area contributed by atoms with Crippen molar-refractivity contribution in [2.45, 2.75) is 58.1 Å². The van der Waals surface area contributed by atoms with Crippen LogP contribution in [0, 0.1) is 35.5 Å². The van der Waals surface area contributed by atoms with Gasteiger partial charge in [0.25, 0.3) is 5.91 Å². The van der Waals surface area contributed by atoms with Crippen LogP contribution in [0.1, 0.15) is 46.0 Å². The molecule has 0 aromatic carbocycles. The summed E-state index contributed by atoms with van der Waals surface area (Å²) >= 11 is 0. The van der Waals surface area contributed by atoms with Gasteiger partial charge in [-0.1, -0.05) is 56.7 Å². The molecule has 0 aromatic rings. The Morgan fingerprint density at radius 1 is 1.00 bits per heavy atom. The van der Waals surface area contributed by atoms with Gasteiger partial charge in [0.2, 0.25) is 5.91 Å². The Labute approximate surface area is 213 Å². The van der Waals surface area contributed by atoms with Crippen LogP contribution in [-0.4, -0.2) is 46.5 Å². The van der Waals surface area contributed by atoms with E-state index in [1.54, 1.807) is 24.3 Å². The van der Waals surface area contributed by atoms with Crippen LogP contribution in [0.2, 0.25) is 0 Å². The maximum absolute atomic E-state index is 12.6. The number of hydrogen-bond acceptors (Lipinski definition) is 5. The van der Waals surface area contributed by atoms with Crippen molar-refractivity contribution in [1.29, 1.82) is 0 Å². The number of ketones is 1. The number of carbonyl (C=O) groups is 3. The molecule has 36 heavy (non-hydrogen) atoms. The molecular formula is C29H38N2O5. The summed E-state index contributed by atoms with van der Waals surface area (Å²) in [6, 6.07) is -0.714. The molecule has 2 amide bonds. The Hall–Kier alpha value is -2.93. The van der Waals surface area contributed by atoms with Crippen LogP contribution < -0.4 is 10.6 Å². The van der Waals surface area contributed by atoms with E-state index in [4.69, 9.17) is 0 Å². The van der Waals surface area contributed by atoms with E-state index in [1.807, 2.05) is 6.08 Å². The second-order valence-corrected chi connectivity index (χ2v) is 10.6. The van der Waals surface area contributed by atoms with E-state index in [0.717, 1.165) is 12.8 Å². The highest BCUT2D eigenvalue weighted by Gasteiger charge is 2.52. The lowest BCUT2D eigenvalue weighted by Crippen LogP contribution is -2.31. The van der Waals surface area contributed by atoms with Gasteiger partial charge in [0.1, 0.15) is 11.3 Å². The molecule has 3 fully saturated rings. The average Bonchev–Trinajstić information content (AvgIpc) is 3.45. The molecule has 7 nitrogen and oxygen atoms in total. The van der Waals surface area contributed by atoms with Gasteiger partial charge in [-0.2, -0.15) is 0 Å². The third-order valence-electron chi connectivity index (χ3n) is 8.64. The van der Waals surface area contributed by atoms with Crippen molar-refractivity contribution in [3.05, 3.63) is 59.9 Å². The van der Waals surface area contributed by atoms with Crippen molar-refractivity contribution in [2.24, 2.45) is 35.5 Å². The molecule has 0 radical (unpaired) electrons. The van der Waals surface area contributed by atoms with Crippen LogP contribution >= 0.6 is 0 Å². The number of carbonyl (C=O) groups excluding carboxylic acids is 3. The highest BCUT2D eigenvalue weighted by Crippen LogP contribution is 2.57. The number of aliphatic hydroxyl groups excluding tert-OH is 2. The highest BCUT2D eigenvalue weighted by atomic mass is 16.3. The van der Waals surface area contributed by atoms with Gasteiger partial charge in [0, 0.05) is 12.6 Å². The molecule has 1 saturated heterocycles. The zero-order valence-electron chi connectivity index (χ0n) is 21.1. The number of rotatable bonds is 1. The van der Waals surface area contributed by atoms with Gasteiger partial charge in [-0.05, 0) is 67.3 Å². The Bertz CT molecular complexity index is 1020. The van der Waals surface area contributed by atoms with E-state index in [0.29, 0.717) is 43.1 Å². The molecule has 4 unspecified atom stereocenters. The fourth-order valence-electron chi connectivity index (χ4n) is 6.93. The van der Waals surface area contributed by atoms with Gasteiger partial charge in [-0.25, -0.2) is 0 Å². The smallest absolute Gasteiger partial charge is 0.259 e. The summed E-state index contributed by atoms with van der Waals surface area (Å²) in [7, 11) is 0. The molecule has 4 aliphatic rings. The summed E-state index contributed by atoms with van der Waals surface area (Å²) in [6.07, 6.45) is 17.1. The third-order valence-corrected chi connectivity index (χ3v) is 8.64. The molecule has 194 valence electrons. The molecule has 2 aliphatic heterocycles. The van der Waals surface area contributed by atoms with E-state index < -0.39 is 23.8 Å². The van der Waals surface area contributed by atoms with Crippen LogP contribution in [0.5, 0.6) is 0 Å². The van der Waals surface area contributed by atoms with Crippen molar-refractivity contribution in [3.63, 3.8) is 0 Å². The van der Waals surface area contributed by atoms with Crippen molar-refractivity contribution >= 4 is 17.6 Å². The fourth-order valence-corrected chi connectivity index (χ4v) is 6.93. The van der Waals surface area contributed by atoms with Gasteiger partial charge >= 0.3 is 0 Å². The molecule has 8 atom stereocenters. The molecule has 2 heterocycles. The first-order valence-electron chi connectivity index (χ1n) is 13.3. The van der Waals surface area contributed by atoms with Crippen molar-refractivity contribution in [1.82, 2.24) is 10.6 Å². The molecular weight excluding hydrogens is 456 g/mol. The Morgan fingerprint density at radius 3 is 2.53 bits per heavy atom. The first-order chi connectivity index (χ1) is 17.3. The van der Waals surface area contributed by atoms with E-state index in [-0.39, 0.29) is 29.1 Å². The van der Waals surface area contributed by atoms with Crippen molar-refractivity contribution in [3.8, 4) is 0 Å². The molecule has 0 spiro atoms. The van der Waals surface area contributed by atoms with Crippen molar-refractivity contribution < 1.29 is 24.6 Å². The lowest BCUT2D eigenvalue weighted by atomic mass is 9.76. The van der Waals surface area contributed by atoms with E-state index >= 15 is 0 Å². The Morgan fingerprint density at radius 2 is 1.75 bits per heavy atom. The second-order valence-electron chi connectivity index (χ2n) is 10.6. The van der Waals surface area contributed by atoms with Crippen LogP contribution in [0.4, 0.5) is 0 Å². The average molecular weight is 495 g/mol. The molecule has 4 N–H and O–H groups in total. The maximum Gasteiger partial charge on any atom is 0.259 e. The van der Waals surface area contributed by atoms with Crippen LogP contribution in [0.3, 0.4) is 0 Å². The SMILES string of the molecule is CCC1CC2C[C@@H]3/C=C\C=C/C(=O)NCCCC4NC(=O)C(=C(O)/C=C/C=C/[C@H](O)[C@H]3C2[C@H]1C)C4=O. The summed E-state index contributed by atoms with van der Waals surface area (Å²) in [4.78, 5) is 37.1. The standard InChI is InChI=1S/C29H38N2O5/c1-3-18-15-20-16-19-9-4-7-13-24(34)30-14-8-10-21-28(35)27(29(36)31-21)23(33)12-6-5-11-22(32)26(19)25(20)17(18)2/h4-7,9,11-13,17-22,25-26,32-33H,3,8,10,14-16H2,1-2H3,(H,30,34)(H,31,36)/b9-4-,11-5+,12-6+,13-7-,27-23?/t17-,18?,19-,20?,21?,22-,25?,26-/m0/s1. The lowest BCUT2D eigenvalue weighted by molar-refractivity contribution is -0.118. The molecule has 7 heteroatoms. The normalized spacial score (nSPS) is 41.1. The van der Waals surface area contributed by atoms with E-state index in [2.05, 4.69) is 30.6 Å². The third kappa shape index (κ3) is 5.41. The van der Waals surface area contributed by atoms with Crippen LogP contribution in [0.25, 0.3) is 0 Å². The number of Topliss-reactive ketones (excluding diaryl/α,β-unsaturated/α-hetero) is 1. The van der Waals surface area contributed by atoms with Gasteiger partial charge in [0.05, 0.1) is 12.1 Å². The predicted molar refractivity (Wildman–Crippen MR) is 138 cm³/mol. The first kappa shape index (κ1) is 26.1. The largest absolute Gasteiger partial charge is 0.507 e. The van der Waals surface area contributed by atoms with Crippen molar-refractivity contribution in [2.75, 3.05) is 6.54 Å². The zero-order chi connectivity index (χ0) is 25.8. The van der Waals surface area contributed by atoms with Gasteiger partial charge < -0.3 is 20.8 Å². The number of fused-ring (bicyclic) bond motifs is 5. The molecule has 2 saturated carbocycles. The number of amides is 2. The maximum atomic E-state index is 12.6. The molecule has 2 bridgehead atoms. The van der Waals surface area contributed by atoms with Crippen LogP contribution in [-0.2, 0) is 14.4 Å². The summed E-state index contributed by atoms with van der Waals surface area (Å²) < 4.78 is 0. The second kappa shape index (κ2) is 11.4. The number of allylic oxidation sites excluding steroid dienone is 6. The van der Waals surface area contributed by atoms with Gasteiger partial charge in [-0.15, -0.1) is 0 Å².